The second-order valence-electron chi connectivity index (χ2n) is 5.19. The van der Waals surface area contributed by atoms with Crippen molar-refractivity contribution in [1.29, 1.82) is 0 Å². The fourth-order valence-corrected chi connectivity index (χ4v) is 2.75. The van der Waals surface area contributed by atoms with Gasteiger partial charge in [-0.3, -0.25) is 4.79 Å². The van der Waals surface area contributed by atoms with Gasteiger partial charge < -0.3 is 15.4 Å². The summed E-state index contributed by atoms with van der Waals surface area (Å²) in [4.78, 5) is 11.3. The Bertz CT molecular complexity index is 504. The summed E-state index contributed by atoms with van der Waals surface area (Å²) < 4.78 is 19.0. The smallest absolute Gasteiger partial charge is 0.262 e. The molecule has 0 atom stereocenters. The van der Waals surface area contributed by atoms with Crippen LogP contribution in [0.25, 0.3) is 0 Å². The number of carbonyl (C=O) groups excluding carboxylic acids is 1. The molecule has 1 aromatic carbocycles. The first kappa shape index (κ1) is 15.1. The van der Waals surface area contributed by atoms with E-state index in [1.165, 1.54) is 6.07 Å². The highest BCUT2D eigenvalue weighted by Crippen LogP contribution is 2.33. The van der Waals surface area contributed by atoms with Gasteiger partial charge in [-0.2, -0.15) is 0 Å². The summed E-state index contributed by atoms with van der Waals surface area (Å²) in [6.07, 6.45) is 3.07. The van der Waals surface area contributed by atoms with Gasteiger partial charge in [-0.25, -0.2) is 4.39 Å². The molecule has 0 bridgehead atoms. The molecule has 2 N–H and O–H groups in total. The number of fused-ring (bicyclic) bond motifs is 1. The van der Waals surface area contributed by atoms with Crippen molar-refractivity contribution in [2.24, 2.45) is 5.92 Å². The highest BCUT2D eigenvalue weighted by molar-refractivity contribution is 5.95. The van der Waals surface area contributed by atoms with Crippen LogP contribution in [0.4, 0.5) is 10.1 Å². The lowest BCUT2D eigenvalue weighted by molar-refractivity contribution is -0.118. The number of nitrogens with one attached hydrogen (secondary N) is 2. The van der Waals surface area contributed by atoms with Gasteiger partial charge in [0.1, 0.15) is 0 Å². The number of rotatable bonds is 2. The number of anilines is 1. The van der Waals surface area contributed by atoms with Gasteiger partial charge in [0.05, 0.1) is 5.69 Å². The number of halogens is 2. The summed E-state index contributed by atoms with van der Waals surface area (Å²) in [6, 6.07) is 3.36. The molecule has 2 aliphatic rings. The molecule has 4 nitrogen and oxygen atoms in total. The SMILES string of the molecule is Cl.O=C1COc2c(F)cc(CC3CCNCC3)cc2N1. The molecule has 1 aromatic rings. The molecule has 0 unspecified atom stereocenters. The first-order valence-corrected chi connectivity index (χ1v) is 6.68. The van der Waals surface area contributed by atoms with Gasteiger partial charge in [0, 0.05) is 0 Å². The van der Waals surface area contributed by atoms with Crippen LogP contribution in [0.15, 0.2) is 12.1 Å². The molecule has 0 aliphatic carbocycles. The Kier molecular flexibility index (Phi) is 4.83. The van der Waals surface area contributed by atoms with Crippen molar-refractivity contribution >= 4 is 24.0 Å². The minimum Gasteiger partial charge on any atom is -0.478 e. The Labute approximate surface area is 123 Å². The van der Waals surface area contributed by atoms with E-state index in [1.54, 1.807) is 0 Å². The van der Waals surface area contributed by atoms with Gasteiger partial charge in [0.2, 0.25) is 0 Å². The first-order valence-electron chi connectivity index (χ1n) is 6.68. The van der Waals surface area contributed by atoms with Crippen LogP contribution < -0.4 is 15.4 Å². The Hall–Kier alpha value is -1.33. The van der Waals surface area contributed by atoms with Crippen LogP contribution in [0, 0.1) is 11.7 Å². The van der Waals surface area contributed by atoms with Crippen LogP contribution in [-0.4, -0.2) is 25.6 Å². The van der Waals surface area contributed by atoms with Crippen molar-refractivity contribution < 1.29 is 13.9 Å². The largest absolute Gasteiger partial charge is 0.478 e. The second-order valence-corrected chi connectivity index (χ2v) is 5.19. The monoisotopic (exact) mass is 300 g/mol. The Morgan fingerprint density at radius 2 is 2.05 bits per heavy atom. The molecule has 2 heterocycles. The quantitative estimate of drug-likeness (QED) is 0.879. The van der Waals surface area contributed by atoms with E-state index in [0.29, 0.717) is 11.6 Å². The van der Waals surface area contributed by atoms with Crippen molar-refractivity contribution in [1.82, 2.24) is 5.32 Å². The molecular formula is C14H18ClFN2O2. The van der Waals surface area contributed by atoms with E-state index in [9.17, 15) is 9.18 Å². The maximum atomic E-state index is 13.9. The summed E-state index contributed by atoms with van der Waals surface area (Å²) in [7, 11) is 0. The topological polar surface area (TPSA) is 50.4 Å². The molecule has 20 heavy (non-hydrogen) atoms. The molecule has 2 aliphatic heterocycles. The number of carbonyl (C=O) groups is 1. The van der Waals surface area contributed by atoms with Crippen LogP contribution in [0.5, 0.6) is 5.75 Å². The summed E-state index contributed by atoms with van der Waals surface area (Å²) in [5.74, 6) is 0.125. The van der Waals surface area contributed by atoms with E-state index in [4.69, 9.17) is 4.74 Å². The molecule has 110 valence electrons. The standard InChI is InChI=1S/C14H17FN2O2.ClH/c15-11-6-10(5-9-1-3-16-4-2-9)7-12-14(11)19-8-13(18)17-12;/h6-7,9,16H,1-5,8H2,(H,17,18);1H. The average Bonchev–Trinajstić information content (AvgIpc) is 2.39. The Balaban J connectivity index is 0.00000147. The molecule has 0 aromatic heterocycles. The van der Waals surface area contributed by atoms with Crippen molar-refractivity contribution in [2.75, 3.05) is 25.0 Å². The zero-order valence-electron chi connectivity index (χ0n) is 11.1. The molecule has 1 fully saturated rings. The third-order valence-corrected chi connectivity index (χ3v) is 3.71. The minimum absolute atomic E-state index is 0. The highest BCUT2D eigenvalue weighted by atomic mass is 35.5. The number of benzene rings is 1. The number of hydrogen-bond acceptors (Lipinski definition) is 3. The fourth-order valence-electron chi connectivity index (χ4n) is 2.75. The molecule has 0 saturated carbocycles. The fraction of sp³-hybridized carbons (Fsp3) is 0.500. The maximum Gasteiger partial charge on any atom is 0.262 e. The van der Waals surface area contributed by atoms with E-state index in [-0.39, 0.29) is 36.5 Å². The van der Waals surface area contributed by atoms with Gasteiger partial charge in [-0.15, -0.1) is 12.4 Å². The van der Waals surface area contributed by atoms with Crippen molar-refractivity contribution in [3.63, 3.8) is 0 Å². The molecule has 0 radical (unpaired) electrons. The summed E-state index contributed by atoms with van der Waals surface area (Å²) >= 11 is 0. The lowest BCUT2D eigenvalue weighted by Gasteiger charge is -2.24. The molecule has 1 amide bonds. The molecule has 3 rings (SSSR count). The molecule has 1 saturated heterocycles. The van der Waals surface area contributed by atoms with Crippen LogP contribution in [0.3, 0.4) is 0 Å². The Morgan fingerprint density at radius 3 is 2.80 bits per heavy atom. The second kappa shape index (κ2) is 6.41. The van der Waals surface area contributed by atoms with Crippen LogP contribution in [-0.2, 0) is 11.2 Å². The van der Waals surface area contributed by atoms with Gasteiger partial charge in [0.25, 0.3) is 5.91 Å². The number of ether oxygens (including phenoxy) is 1. The third-order valence-electron chi connectivity index (χ3n) is 3.71. The van der Waals surface area contributed by atoms with Crippen LogP contribution in [0.2, 0.25) is 0 Å². The van der Waals surface area contributed by atoms with Crippen molar-refractivity contribution in [3.05, 3.63) is 23.5 Å². The lowest BCUT2D eigenvalue weighted by Crippen LogP contribution is -2.29. The molecular weight excluding hydrogens is 283 g/mol. The molecule has 6 heteroatoms. The highest BCUT2D eigenvalue weighted by Gasteiger charge is 2.22. The van der Waals surface area contributed by atoms with Gasteiger partial charge in [-0.05, 0) is 56.0 Å². The maximum absolute atomic E-state index is 13.9. The minimum atomic E-state index is -0.388. The predicted octanol–water partition coefficient (Wildman–Crippen LogP) is 2.12. The van der Waals surface area contributed by atoms with E-state index >= 15 is 0 Å². The summed E-state index contributed by atoms with van der Waals surface area (Å²) in [6.45, 7) is 1.94. The first-order chi connectivity index (χ1) is 9.22. The summed E-state index contributed by atoms with van der Waals surface area (Å²) in [5.41, 5.74) is 1.38. The lowest BCUT2D eigenvalue weighted by atomic mass is 9.90. The van der Waals surface area contributed by atoms with E-state index < -0.39 is 0 Å². The number of amides is 1. The summed E-state index contributed by atoms with van der Waals surface area (Å²) in [5, 5.41) is 5.98. The predicted molar refractivity (Wildman–Crippen MR) is 77.1 cm³/mol. The van der Waals surface area contributed by atoms with Gasteiger partial charge in [0.15, 0.2) is 18.2 Å². The zero-order valence-corrected chi connectivity index (χ0v) is 11.9. The molecule has 0 spiro atoms. The van der Waals surface area contributed by atoms with Gasteiger partial charge in [-0.1, -0.05) is 0 Å². The van der Waals surface area contributed by atoms with Crippen LogP contribution >= 0.6 is 12.4 Å². The van der Waals surface area contributed by atoms with Crippen molar-refractivity contribution in [2.45, 2.75) is 19.3 Å². The number of piperidine rings is 1. The van der Waals surface area contributed by atoms with E-state index in [2.05, 4.69) is 10.6 Å². The normalized spacial score (nSPS) is 18.6. The van der Waals surface area contributed by atoms with E-state index in [0.717, 1.165) is 37.9 Å². The number of hydrogen-bond donors (Lipinski definition) is 2. The van der Waals surface area contributed by atoms with Gasteiger partial charge >= 0.3 is 0 Å². The third kappa shape index (κ3) is 3.22. The average molecular weight is 301 g/mol. The van der Waals surface area contributed by atoms with E-state index in [1.807, 2.05) is 6.07 Å². The Morgan fingerprint density at radius 1 is 1.30 bits per heavy atom. The zero-order chi connectivity index (χ0) is 13.2. The van der Waals surface area contributed by atoms with Crippen LogP contribution in [0.1, 0.15) is 18.4 Å². The van der Waals surface area contributed by atoms with Crippen molar-refractivity contribution in [3.8, 4) is 5.75 Å².